The molecule has 0 aromatic carbocycles. The van der Waals surface area contributed by atoms with Gasteiger partial charge in [-0.05, 0) is 11.6 Å². The van der Waals surface area contributed by atoms with Gasteiger partial charge in [0.05, 0.1) is 13.4 Å². The molecule has 0 aliphatic heterocycles. The number of methoxy groups -OCH3 is 1. The molecule has 3 heteroatoms. The van der Waals surface area contributed by atoms with Crippen LogP contribution in [-0.2, 0) is 4.74 Å². The van der Waals surface area contributed by atoms with Crippen molar-refractivity contribution >= 4 is 17.8 Å². The lowest BCUT2D eigenvalue weighted by atomic mass is 10.3. The number of hydrogen-bond acceptors (Lipinski definition) is 2. The number of halogens is 1. The number of hydrogen-bond donors (Lipinski definition) is 1. The van der Waals surface area contributed by atoms with Gasteiger partial charge in [-0.2, -0.15) is 0 Å². The molecule has 0 rings (SSSR count). The summed E-state index contributed by atoms with van der Waals surface area (Å²) in [7, 11) is 1.56. The molecule has 0 radical (unpaired) electrons. The molecule has 10 heavy (non-hydrogen) atoms. The fourth-order valence-corrected chi connectivity index (χ4v) is 0.539. The van der Waals surface area contributed by atoms with Gasteiger partial charge in [-0.1, -0.05) is 6.08 Å². The van der Waals surface area contributed by atoms with E-state index in [0.717, 1.165) is 5.57 Å². The van der Waals surface area contributed by atoms with Gasteiger partial charge in [0, 0.05) is 12.1 Å². The third-order valence-corrected chi connectivity index (χ3v) is 1.17. The van der Waals surface area contributed by atoms with Crippen molar-refractivity contribution in [1.82, 2.24) is 0 Å². The molecule has 0 amide bonds. The Kier molecular flexibility index (Phi) is 5.88. The minimum atomic E-state index is 0.359. The summed E-state index contributed by atoms with van der Waals surface area (Å²) in [5, 5.41) is 6.84. The largest absolute Gasteiger partial charge is 0.504 e. The number of ether oxygens (including phenoxy) is 1. The predicted octanol–water partition coefficient (Wildman–Crippen LogP) is 1.96. The Morgan fingerprint density at radius 3 is 2.80 bits per heavy atom. The van der Waals surface area contributed by atoms with Crippen LogP contribution in [0, 0.1) is 5.41 Å². The van der Waals surface area contributed by atoms with E-state index in [1.165, 1.54) is 12.5 Å². The number of rotatable bonds is 4. The molecule has 0 heterocycles. The third-order valence-electron chi connectivity index (χ3n) is 0.865. The van der Waals surface area contributed by atoms with Crippen LogP contribution in [0.1, 0.15) is 0 Å². The Morgan fingerprint density at radius 2 is 2.40 bits per heavy atom. The smallest absolute Gasteiger partial charge is 0.0824 e. The zero-order valence-corrected chi connectivity index (χ0v) is 6.56. The molecule has 0 saturated heterocycles. The van der Waals surface area contributed by atoms with Crippen LogP contribution in [0.15, 0.2) is 24.0 Å². The normalized spacial score (nSPS) is 12.0. The van der Waals surface area contributed by atoms with Gasteiger partial charge in [-0.3, -0.25) is 0 Å². The van der Waals surface area contributed by atoms with Crippen LogP contribution in [0.2, 0.25) is 0 Å². The molecule has 0 fully saturated rings. The van der Waals surface area contributed by atoms with Gasteiger partial charge >= 0.3 is 0 Å². The molecule has 0 aromatic heterocycles. The maximum absolute atomic E-state index is 6.84. The zero-order chi connectivity index (χ0) is 7.82. The first-order valence-electron chi connectivity index (χ1n) is 2.80. The van der Waals surface area contributed by atoms with E-state index >= 15 is 0 Å². The second-order valence-electron chi connectivity index (χ2n) is 1.58. The summed E-state index contributed by atoms with van der Waals surface area (Å²) < 4.78 is 4.64. The highest BCUT2D eigenvalue weighted by Crippen LogP contribution is 1.93. The van der Waals surface area contributed by atoms with E-state index in [-0.39, 0.29) is 0 Å². The molecule has 0 unspecified atom stereocenters. The summed E-state index contributed by atoms with van der Waals surface area (Å²) in [4.78, 5) is 0. The summed E-state index contributed by atoms with van der Waals surface area (Å²) in [5.41, 5.74) is 0.759. The van der Waals surface area contributed by atoms with Gasteiger partial charge < -0.3 is 10.1 Å². The van der Waals surface area contributed by atoms with Crippen LogP contribution < -0.4 is 0 Å². The summed E-state index contributed by atoms with van der Waals surface area (Å²) in [6, 6.07) is 0. The Morgan fingerprint density at radius 1 is 1.70 bits per heavy atom. The van der Waals surface area contributed by atoms with Crippen LogP contribution in [0.5, 0.6) is 0 Å². The molecule has 0 bridgehead atoms. The average Bonchev–Trinajstić information content (AvgIpc) is 1.99. The van der Waals surface area contributed by atoms with Crippen LogP contribution >= 0.6 is 11.6 Å². The van der Waals surface area contributed by atoms with Crippen molar-refractivity contribution in [3.8, 4) is 0 Å². The van der Waals surface area contributed by atoms with Crippen LogP contribution in [0.25, 0.3) is 0 Å². The second kappa shape index (κ2) is 6.36. The van der Waals surface area contributed by atoms with E-state index in [9.17, 15) is 0 Å². The Bertz CT molecular complexity index is 152. The molecular formula is C7H10ClNO. The topological polar surface area (TPSA) is 33.1 Å². The molecule has 0 aliphatic carbocycles. The number of allylic oxidation sites excluding steroid dienone is 3. The van der Waals surface area contributed by atoms with E-state index in [2.05, 4.69) is 4.74 Å². The maximum atomic E-state index is 6.84. The van der Waals surface area contributed by atoms with Gasteiger partial charge in [0.1, 0.15) is 0 Å². The lowest BCUT2D eigenvalue weighted by Crippen LogP contribution is -1.82. The second-order valence-corrected chi connectivity index (χ2v) is 1.85. The third kappa shape index (κ3) is 4.15. The van der Waals surface area contributed by atoms with E-state index < -0.39 is 0 Å². The van der Waals surface area contributed by atoms with Crippen molar-refractivity contribution in [3.63, 3.8) is 0 Å². The first kappa shape index (κ1) is 9.24. The van der Waals surface area contributed by atoms with Crippen molar-refractivity contribution in [2.24, 2.45) is 0 Å². The molecule has 0 spiro atoms. The van der Waals surface area contributed by atoms with Crippen molar-refractivity contribution in [2.45, 2.75) is 0 Å². The SMILES string of the molecule is COC=CC=C(C=N)CCl. The van der Waals surface area contributed by atoms with E-state index in [4.69, 9.17) is 17.0 Å². The van der Waals surface area contributed by atoms with Crippen LogP contribution in [-0.4, -0.2) is 19.2 Å². The molecule has 2 nitrogen and oxygen atoms in total. The minimum Gasteiger partial charge on any atom is -0.504 e. The monoisotopic (exact) mass is 159 g/mol. The van der Waals surface area contributed by atoms with E-state index in [0.29, 0.717) is 5.88 Å². The quantitative estimate of drug-likeness (QED) is 0.289. The van der Waals surface area contributed by atoms with Gasteiger partial charge in [0.25, 0.3) is 0 Å². The number of alkyl halides is 1. The fourth-order valence-electron chi connectivity index (χ4n) is 0.373. The molecule has 56 valence electrons. The highest BCUT2D eigenvalue weighted by molar-refractivity contribution is 6.21. The van der Waals surface area contributed by atoms with E-state index in [1.54, 1.807) is 19.3 Å². The van der Waals surface area contributed by atoms with Crippen molar-refractivity contribution in [3.05, 3.63) is 24.0 Å². The standard InChI is InChI=1S/C7H10ClNO/c1-10-4-2-3-7(5-8)6-9/h2-4,6,9H,5H2,1H3. The Labute approximate surface area is 65.7 Å². The fraction of sp³-hybridized carbons (Fsp3) is 0.286. The number of nitrogens with one attached hydrogen (secondary N) is 1. The van der Waals surface area contributed by atoms with Crippen molar-refractivity contribution in [2.75, 3.05) is 13.0 Å². The average molecular weight is 160 g/mol. The van der Waals surface area contributed by atoms with Gasteiger partial charge in [0.2, 0.25) is 0 Å². The summed E-state index contributed by atoms with van der Waals surface area (Å²) in [6.45, 7) is 0. The summed E-state index contributed by atoms with van der Waals surface area (Å²) in [6.07, 6.45) is 6.16. The van der Waals surface area contributed by atoms with Gasteiger partial charge in [-0.25, -0.2) is 0 Å². The van der Waals surface area contributed by atoms with Crippen molar-refractivity contribution < 1.29 is 4.74 Å². The molecule has 0 aromatic rings. The first-order valence-corrected chi connectivity index (χ1v) is 3.33. The summed E-state index contributed by atoms with van der Waals surface area (Å²) >= 11 is 5.45. The molecule has 0 atom stereocenters. The van der Waals surface area contributed by atoms with E-state index in [1.807, 2.05) is 0 Å². The zero-order valence-electron chi connectivity index (χ0n) is 5.80. The maximum Gasteiger partial charge on any atom is 0.0824 e. The first-order chi connectivity index (χ1) is 4.85. The van der Waals surface area contributed by atoms with Gasteiger partial charge in [-0.15, -0.1) is 11.6 Å². The highest BCUT2D eigenvalue weighted by atomic mass is 35.5. The van der Waals surface area contributed by atoms with Crippen molar-refractivity contribution in [1.29, 1.82) is 5.41 Å². The lowest BCUT2D eigenvalue weighted by Gasteiger charge is -1.88. The van der Waals surface area contributed by atoms with Gasteiger partial charge in [0.15, 0.2) is 0 Å². The van der Waals surface area contributed by atoms with Crippen LogP contribution in [0.4, 0.5) is 0 Å². The lowest BCUT2D eigenvalue weighted by molar-refractivity contribution is 0.338. The Balaban J connectivity index is 3.85. The van der Waals surface area contributed by atoms with Crippen LogP contribution in [0.3, 0.4) is 0 Å². The summed E-state index contributed by atoms with van der Waals surface area (Å²) in [5.74, 6) is 0.359. The molecule has 0 aliphatic rings. The predicted molar refractivity (Wildman–Crippen MR) is 43.7 cm³/mol. The minimum absolute atomic E-state index is 0.359. The molecule has 1 N–H and O–H groups in total. The highest BCUT2D eigenvalue weighted by Gasteiger charge is 1.83. The molecular weight excluding hydrogens is 150 g/mol. The Hall–Kier alpha value is -0.760. The molecule has 0 saturated carbocycles.